The van der Waals surface area contributed by atoms with Gasteiger partial charge in [0.25, 0.3) is 0 Å². The zero-order valence-corrected chi connectivity index (χ0v) is 15.4. The van der Waals surface area contributed by atoms with Gasteiger partial charge in [-0.1, -0.05) is 18.2 Å². The minimum absolute atomic E-state index is 0.301. The molecule has 0 radical (unpaired) electrons. The first-order valence-electron chi connectivity index (χ1n) is 8.60. The maximum Gasteiger partial charge on any atom is 0.329 e. The molecule has 0 bridgehead atoms. The fourth-order valence-electron chi connectivity index (χ4n) is 2.83. The summed E-state index contributed by atoms with van der Waals surface area (Å²) in [7, 11) is 0. The molecule has 28 heavy (non-hydrogen) atoms. The van der Waals surface area contributed by atoms with Crippen LogP contribution in [-0.4, -0.2) is 22.6 Å². The van der Waals surface area contributed by atoms with Gasteiger partial charge in [0.05, 0.1) is 6.21 Å². The zero-order valence-electron chi connectivity index (χ0n) is 15.4. The second kappa shape index (κ2) is 8.30. The molecular formula is C21H19FN4O2. The van der Waals surface area contributed by atoms with Crippen LogP contribution in [0, 0.1) is 19.7 Å². The molecule has 0 saturated heterocycles. The van der Waals surface area contributed by atoms with Gasteiger partial charge in [-0.25, -0.2) is 9.82 Å². The first-order chi connectivity index (χ1) is 13.5. The standard InChI is InChI=1S/C21H19FN4O2/c1-14-12-16(15(2)26(14)19-10-8-17(22)9-11-19)13-23-25-21(28)20(27)24-18-6-4-3-5-7-18/h3-13H,1-2H3,(H,24,27)(H,25,28)/b23-13-. The summed E-state index contributed by atoms with van der Waals surface area (Å²) in [5.41, 5.74) is 6.13. The normalized spacial score (nSPS) is 10.8. The Hall–Kier alpha value is -3.74. The maximum absolute atomic E-state index is 13.2. The van der Waals surface area contributed by atoms with Crippen molar-refractivity contribution in [1.29, 1.82) is 0 Å². The molecule has 7 heteroatoms. The van der Waals surface area contributed by atoms with Gasteiger partial charge in [0, 0.05) is 28.3 Å². The fraction of sp³-hybridized carbons (Fsp3) is 0.0952. The van der Waals surface area contributed by atoms with Crippen molar-refractivity contribution < 1.29 is 14.0 Å². The highest BCUT2D eigenvalue weighted by molar-refractivity contribution is 6.39. The summed E-state index contributed by atoms with van der Waals surface area (Å²) in [4.78, 5) is 23.7. The van der Waals surface area contributed by atoms with Crippen LogP contribution in [-0.2, 0) is 9.59 Å². The molecule has 3 aromatic rings. The second-order valence-electron chi connectivity index (χ2n) is 6.16. The van der Waals surface area contributed by atoms with Gasteiger partial charge in [-0.2, -0.15) is 5.10 Å². The minimum atomic E-state index is -0.868. The van der Waals surface area contributed by atoms with E-state index in [-0.39, 0.29) is 5.82 Å². The molecule has 142 valence electrons. The van der Waals surface area contributed by atoms with E-state index in [2.05, 4.69) is 15.8 Å². The maximum atomic E-state index is 13.2. The third kappa shape index (κ3) is 4.32. The van der Waals surface area contributed by atoms with Gasteiger partial charge in [0.2, 0.25) is 0 Å². The monoisotopic (exact) mass is 378 g/mol. The Morgan fingerprint density at radius 3 is 2.36 bits per heavy atom. The van der Waals surface area contributed by atoms with Crippen LogP contribution in [0.2, 0.25) is 0 Å². The van der Waals surface area contributed by atoms with E-state index in [9.17, 15) is 14.0 Å². The number of amides is 2. The van der Waals surface area contributed by atoms with E-state index in [0.717, 1.165) is 22.6 Å². The van der Waals surface area contributed by atoms with Crippen LogP contribution in [0.4, 0.5) is 10.1 Å². The van der Waals surface area contributed by atoms with Gasteiger partial charge >= 0.3 is 11.8 Å². The SMILES string of the molecule is Cc1cc(/C=N\NC(=O)C(=O)Nc2ccccc2)c(C)n1-c1ccc(F)cc1. The molecule has 3 rings (SSSR count). The van der Waals surface area contributed by atoms with Crippen molar-refractivity contribution in [2.45, 2.75) is 13.8 Å². The first-order valence-corrected chi connectivity index (χ1v) is 8.60. The van der Waals surface area contributed by atoms with E-state index < -0.39 is 11.8 Å². The van der Waals surface area contributed by atoms with Crippen molar-refractivity contribution in [2.24, 2.45) is 5.10 Å². The van der Waals surface area contributed by atoms with E-state index in [1.807, 2.05) is 30.5 Å². The summed E-state index contributed by atoms with van der Waals surface area (Å²) in [6, 6.07) is 16.7. The van der Waals surface area contributed by atoms with Gasteiger partial charge < -0.3 is 9.88 Å². The molecule has 0 spiro atoms. The number of halogens is 1. The summed E-state index contributed by atoms with van der Waals surface area (Å²) in [6.07, 6.45) is 1.47. The molecule has 0 fully saturated rings. The predicted octanol–water partition coefficient (Wildman–Crippen LogP) is 3.32. The van der Waals surface area contributed by atoms with Crippen LogP contribution in [0.3, 0.4) is 0 Å². The Morgan fingerprint density at radius 1 is 1.00 bits per heavy atom. The summed E-state index contributed by atoms with van der Waals surface area (Å²) in [5.74, 6) is -1.97. The van der Waals surface area contributed by atoms with Gasteiger partial charge in [-0.15, -0.1) is 0 Å². The summed E-state index contributed by atoms with van der Waals surface area (Å²) in [5, 5.41) is 6.35. The second-order valence-corrected chi connectivity index (χ2v) is 6.16. The molecule has 0 aliphatic heterocycles. The van der Waals surface area contributed by atoms with E-state index >= 15 is 0 Å². The third-order valence-electron chi connectivity index (χ3n) is 4.16. The number of aryl methyl sites for hydroxylation is 1. The molecule has 2 aromatic carbocycles. The Morgan fingerprint density at radius 2 is 1.68 bits per heavy atom. The molecule has 0 unspecified atom stereocenters. The highest BCUT2D eigenvalue weighted by atomic mass is 19.1. The Kier molecular flexibility index (Phi) is 5.64. The summed E-state index contributed by atoms with van der Waals surface area (Å²) in [6.45, 7) is 3.81. The number of aromatic nitrogens is 1. The topological polar surface area (TPSA) is 75.5 Å². The van der Waals surface area contributed by atoms with Crippen molar-refractivity contribution in [3.8, 4) is 5.69 Å². The van der Waals surface area contributed by atoms with Gasteiger partial charge in [0.1, 0.15) is 5.82 Å². The number of nitrogens with zero attached hydrogens (tertiary/aromatic N) is 2. The van der Waals surface area contributed by atoms with Crippen LogP contribution in [0.25, 0.3) is 5.69 Å². The molecular weight excluding hydrogens is 359 g/mol. The number of rotatable bonds is 4. The smallest absolute Gasteiger partial charge is 0.318 e. The Labute approximate surface area is 161 Å². The molecule has 2 N–H and O–H groups in total. The van der Waals surface area contributed by atoms with Crippen molar-refractivity contribution in [3.05, 3.63) is 83.4 Å². The average Bonchev–Trinajstić information content (AvgIpc) is 2.97. The molecule has 0 atom stereocenters. The number of hydrogen-bond donors (Lipinski definition) is 2. The Bertz CT molecular complexity index is 1020. The van der Waals surface area contributed by atoms with Gasteiger partial charge in [0.15, 0.2) is 0 Å². The molecule has 1 aromatic heterocycles. The van der Waals surface area contributed by atoms with E-state index in [0.29, 0.717) is 5.69 Å². The van der Waals surface area contributed by atoms with Crippen LogP contribution in [0.15, 0.2) is 65.8 Å². The van der Waals surface area contributed by atoms with Crippen molar-refractivity contribution in [1.82, 2.24) is 9.99 Å². The predicted molar refractivity (Wildman–Crippen MR) is 106 cm³/mol. The van der Waals surface area contributed by atoms with E-state index in [1.165, 1.54) is 18.3 Å². The van der Waals surface area contributed by atoms with Gasteiger partial charge in [-0.3, -0.25) is 9.59 Å². The fourth-order valence-corrected chi connectivity index (χ4v) is 2.83. The highest BCUT2D eigenvalue weighted by Gasteiger charge is 2.13. The van der Waals surface area contributed by atoms with Crippen molar-refractivity contribution in [3.63, 3.8) is 0 Å². The molecule has 0 aliphatic rings. The third-order valence-corrected chi connectivity index (χ3v) is 4.16. The number of nitrogens with one attached hydrogen (secondary N) is 2. The summed E-state index contributed by atoms with van der Waals surface area (Å²) >= 11 is 0. The number of hydrazone groups is 1. The summed E-state index contributed by atoms with van der Waals surface area (Å²) < 4.78 is 15.1. The number of hydrogen-bond acceptors (Lipinski definition) is 3. The number of carbonyl (C=O) groups is 2. The van der Waals surface area contributed by atoms with E-state index in [1.54, 1.807) is 36.4 Å². The lowest BCUT2D eigenvalue weighted by atomic mass is 10.2. The molecule has 1 heterocycles. The number of anilines is 1. The highest BCUT2D eigenvalue weighted by Crippen LogP contribution is 2.20. The first kappa shape index (κ1) is 19.0. The van der Waals surface area contributed by atoms with Crippen LogP contribution < -0.4 is 10.7 Å². The Balaban J connectivity index is 1.67. The van der Waals surface area contributed by atoms with Crippen molar-refractivity contribution in [2.75, 3.05) is 5.32 Å². The van der Waals surface area contributed by atoms with Crippen LogP contribution in [0.5, 0.6) is 0 Å². The average molecular weight is 378 g/mol. The molecule has 0 saturated carbocycles. The van der Waals surface area contributed by atoms with Crippen molar-refractivity contribution >= 4 is 23.7 Å². The minimum Gasteiger partial charge on any atom is -0.318 e. The number of benzene rings is 2. The molecule has 6 nitrogen and oxygen atoms in total. The number of carbonyl (C=O) groups excluding carboxylic acids is 2. The molecule has 2 amide bonds. The van der Waals surface area contributed by atoms with E-state index in [4.69, 9.17) is 0 Å². The lowest BCUT2D eigenvalue weighted by Crippen LogP contribution is -2.32. The quantitative estimate of drug-likeness (QED) is 0.415. The zero-order chi connectivity index (χ0) is 20.1. The number of para-hydroxylation sites is 1. The lowest BCUT2D eigenvalue weighted by Gasteiger charge is -2.09. The van der Waals surface area contributed by atoms with Crippen LogP contribution >= 0.6 is 0 Å². The van der Waals surface area contributed by atoms with Gasteiger partial charge in [-0.05, 0) is 56.3 Å². The molecule has 0 aliphatic carbocycles. The largest absolute Gasteiger partial charge is 0.329 e. The van der Waals surface area contributed by atoms with Crippen LogP contribution in [0.1, 0.15) is 17.0 Å². The lowest BCUT2D eigenvalue weighted by molar-refractivity contribution is -0.136.